The van der Waals surface area contributed by atoms with Crippen molar-refractivity contribution in [2.24, 2.45) is 5.41 Å². The third-order valence-corrected chi connectivity index (χ3v) is 4.67. The van der Waals surface area contributed by atoms with E-state index in [1.54, 1.807) is 7.11 Å². The molecule has 1 N–H and O–H groups in total. The minimum Gasteiger partial charge on any atom is -0.373 e. The van der Waals surface area contributed by atoms with Crippen LogP contribution in [0.3, 0.4) is 0 Å². The van der Waals surface area contributed by atoms with Gasteiger partial charge in [-0.2, -0.15) is 16.7 Å². The molecule has 1 fully saturated rings. The maximum Gasteiger partial charge on any atom is 0.232 e. The molecular weight excluding hydrogens is 262 g/mol. The Hall–Kier alpha value is -0.590. The first-order valence-electron chi connectivity index (χ1n) is 6.58. The van der Waals surface area contributed by atoms with E-state index in [-0.39, 0.29) is 11.5 Å². The van der Waals surface area contributed by atoms with Gasteiger partial charge >= 0.3 is 0 Å². The summed E-state index contributed by atoms with van der Waals surface area (Å²) in [4.78, 5) is 4.57. The first kappa shape index (κ1) is 14.8. The number of nitrogens with one attached hydrogen (secondary N) is 1. The summed E-state index contributed by atoms with van der Waals surface area (Å²) in [6.07, 6.45) is -0.146. The molecule has 1 aliphatic rings. The number of nitrogens with zero attached hydrogens (tertiary/aromatic N) is 2. The molecule has 0 spiro atoms. The Labute approximate surface area is 118 Å². The van der Waals surface area contributed by atoms with Crippen LogP contribution in [0.5, 0.6) is 0 Å². The molecular formula is C13H23N3O2S. The highest BCUT2D eigenvalue weighted by molar-refractivity contribution is 7.99. The number of methoxy groups -OCH3 is 1. The first-order chi connectivity index (χ1) is 8.97. The second kappa shape index (κ2) is 5.81. The van der Waals surface area contributed by atoms with Gasteiger partial charge in [-0.25, -0.2) is 0 Å². The molecule has 0 radical (unpaired) electrons. The van der Waals surface area contributed by atoms with Crippen LogP contribution in [0.1, 0.15) is 44.5 Å². The molecule has 1 aromatic heterocycles. The number of hydrogen-bond acceptors (Lipinski definition) is 6. The van der Waals surface area contributed by atoms with E-state index in [1.807, 2.05) is 18.8 Å². The lowest BCUT2D eigenvalue weighted by Crippen LogP contribution is -2.31. The van der Waals surface area contributed by atoms with Crippen LogP contribution >= 0.6 is 11.8 Å². The van der Waals surface area contributed by atoms with E-state index in [4.69, 9.17) is 9.26 Å². The van der Waals surface area contributed by atoms with Gasteiger partial charge < -0.3 is 14.6 Å². The fourth-order valence-electron chi connectivity index (χ4n) is 2.43. The Morgan fingerprint density at radius 2 is 2.16 bits per heavy atom. The predicted molar refractivity (Wildman–Crippen MR) is 76.4 cm³/mol. The lowest BCUT2D eigenvalue weighted by molar-refractivity contribution is 0.00718. The molecule has 2 rings (SSSR count). The van der Waals surface area contributed by atoms with Crippen LogP contribution < -0.4 is 5.32 Å². The summed E-state index contributed by atoms with van der Waals surface area (Å²) in [6.45, 7) is 6.33. The summed E-state index contributed by atoms with van der Waals surface area (Å²) >= 11 is 1.92. The van der Waals surface area contributed by atoms with Crippen molar-refractivity contribution in [2.45, 2.75) is 38.8 Å². The summed E-state index contributed by atoms with van der Waals surface area (Å²) < 4.78 is 11.0. The minimum absolute atomic E-state index is 0.0529. The van der Waals surface area contributed by atoms with Crippen LogP contribution in [0.4, 0.5) is 0 Å². The van der Waals surface area contributed by atoms with E-state index in [2.05, 4.69) is 36.2 Å². The number of thioether (sulfide) groups is 1. The third-order valence-electron chi connectivity index (χ3n) is 3.48. The number of hydrogen-bond donors (Lipinski definition) is 1. The second-order valence-electron chi connectivity index (χ2n) is 6.01. The maximum atomic E-state index is 5.52. The fourth-order valence-corrected chi connectivity index (χ4v) is 3.85. The highest BCUT2D eigenvalue weighted by Gasteiger charge is 2.35. The lowest BCUT2D eigenvalue weighted by atomic mass is 9.88. The van der Waals surface area contributed by atoms with Crippen molar-refractivity contribution < 1.29 is 9.26 Å². The molecule has 1 saturated heterocycles. The standard InChI is InChI=1S/C13H23N3O2S/c1-13(2,3)10(17-5)11-15-12(18-16-11)8-6-19-7-9(8)14-4/h8-10,14H,6-7H2,1-5H3. The summed E-state index contributed by atoms with van der Waals surface area (Å²) in [7, 11) is 3.67. The quantitative estimate of drug-likeness (QED) is 0.915. The van der Waals surface area contributed by atoms with Gasteiger partial charge in [-0.05, 0) is 12.5 Å². The van der Waals surface area contributed by atoms with E-state index in [0.29, 0.717) is 17.8 Å². The van der Waals surface area contributed by atoms with E-state index < -0.39 is 0 Å². The minimum atomic E-state index is -0.146. The van der Waals surface area contributed by atoms with Gasteiger partial charge in [0, 0.05) is 24.7 Å². The molecule has 0 amide bonds. The van der Waals surface area contributed by atoms with Crippen molar-refractivity contribution in [2.75, 3.05) is 25.7 Å². The van der Waals surface area contributed by atoms with Crippen LogP contribution in [0.15, 0.2) is 4.52 Å². The topological polar surface area (TPSA) is 60.2 Å². The van der Waals surface area contributed by atoms with Gasteiger partial charge in [-0.1, -0.05) is 25.9 Å². The average Bonchev–Trinajstić information content (AvgIpc) is 2.94. The Balaban J connectivity index is 2.19. The van der Waals surface area contributed by atoms with Gasteiger partial charge in [-0.15, -0.1) is 0 Å². The number of aromatic nitrogens is 2. The molecule has 0 aromatic carbocycles. The van der Waals surface area contributed by atoms with Gasteiger partial charge in [0.2, 0.25) is 11.7 Å². The van der Waals surface area contributed by atoms with E-state index in [0.717, 1.165) is 17.4 Å². The van der Waals surface area contributed by atoms with Crippen molar-refractivity contribution in [3.63, 3.8) is 0 Å². The molecule has 6 heteroatoms. The molecule has 0 saturated carbocycles. The van der Waals surface area contributed by atoms with Gasteiger partial charge in [0.15, 0.2) is 0 Å². The highest BCUT2D eigenvalue weighted by Crippen LogP contribution is 2.36. The van der Waals surface area contributed by atoms with Crippen LogP contribution in [-0.2, 0) is 4.74 Å². The Kier molecular flexibility index (Phi) is 4.53. The van der Waals surface area contributed by atoms with Crippen LogP contribution in [0, 0.1) is 5.41 Å². The van der Waals surface area contributed by atoms with Crippen LogP contribution in [0.2, 0.25) is 0 Å². The molecule has 19 heavy (non-hydrogen) atoms. The monoisotopic (exact) mass is 285 g/mol. The van der Waals surface area contributed by atoms with Crippen molar-refractivity contribution >= 4 is 11.8 Å². The SMILES string of the molecule is CNC1CSCC1c1nc(C(OC)C(C)(C)C)no1. The average molecular weight is 285 g/mol. The normalized spacial score (nSPS) is 25.7. The van der Waals surface area contributed by atoms with Gasteiger partial charge in [0.05, 0.1) is 5.92 Å². The number of likely N-dealkylation sites (N-methyl/N-ethyl adjacent to an activating group) is 1. The molecule has 1 aromatic rings. The summed E-state index contributed by atoms with van der Waals surface area (Å²) in [5.41, 5.74) is -0.0529. The molecule has 2 heterocycles. The molecule has 108 valence electrons. The molecule has 5 nitrogen and oxygen atoms in total. The Morgan fingerprint density at radius 1 is 1.42 bits per heavy atom. The summed E-state index contributed by atoms with van der Waals surface area (Å²) in [6, 6.07) is 0.411. The van der Waals surface area contributed by atoms with E-state index in [1.165, 1.54) is 0 Å². The Bertz CT molecular complexity index is 416. The van der Waals surface area contributed by atoms with Crippen molar-refractivity contribution in [3.8, 4) is 0 Å². The van der Waals surface area contributed by atoms with Gasteiger partial charge in [0.25, 0.3) is 0 Å². The van der Waals surface area contributed by atoms with Crippen molar-refractivity contribution in [3.05, 3.63) is 11.7 Å². The number of rotatable bonds is 4. The lowest BCUT2D eigenvalue weighted by Gasteiger charge is -2.26. The zero-order valence-electron chi connectivity index (χ0n) is 12.3. The molecule has 3 unspecified atom stereocenters. The molecule has 0 aliphatic carbocycles. The van der Waals surface area contributed by atoms with E-state index >= 15 is 0 Å². The van der Waals surface area contributed by atoms with Gasteiger partial charge in [-0.3, -0.25) is 0 Å². The summed E-state index contributed by atoms with van der Waals surface area (Å²) in [5.74, 6) is 3.79. The van der Waals surface area contributed by atoms with Gasteiger partial charge in [0.1, 0.15) is 6.10 Å². The predicted octanol–water partition coefficient (Wildman–Crippen LogP) is 2.22. The molecule has 1 aliphatic heterocycles. The van der Waals surface area contributed by atoms with E-state index in [9.17, 15) is 0 Å². The zero-order valence-corrected chi connectivity index (χ0v) is 13.1. The maximum absolute atomic E-state index is 5.52. The third kappa shape index (κ3) is 3.12. The highest BCUT2D eigenvalue weighted by atomic mass is 32.2. The van der Waals surface area contributed by atoms with Crippen molar-refractivity contribution in [1.82, 2.24) is 15.5 Å². The van der Waals surface area contributed by atoms with Crippen LogP contribution in [-0.4, -0.2) is 41.8 Å². The molecule has 3 atom stereocenters. The zero-order chi connectivity index (χ0) is 14.0. The molecule has 0 bridgehead atoms. The largest absolute Gasteiger partial charge is 0.373 e. The second-order valence-corrected chi connectivity index (χ2v) is 7.09. The van der Waals surface area contributed by atoms with Crippen LogP contribution in [0.25, 0.3) is 0 Å². The summed E-state index contributed by atoms with van der Waals surface area (Å²) in [5, 5.41) is 7.43. The van der Waals surface area contributed by atoms with Crippen molar-refractivity contribution in [1.29, 1.82) is 0 Å². The smallest absolute Gasteiger partial charge is 0.232 e. The first-order valence-corrected chi connectivity index (χ1v) is 7.74. The fraction of sp³-hybridized carbons (Fsp3) is 0.846. The Morgan fingerprint density at radius 3 is 2.74 bits per heavy atom. The number of ether oxygens (including phenoxy) is 1.